The number of amides is 3. The first kappa shape index (κ1) is 17.7. The summed E-state index contributed by atoms with van der Waals surface area (Å²) in [5, 5.41) is 2.92. The van der Waals surface area contributed by atoms with Crippen molar-refractivity contribution in [2.24, 2.45) is 0 Å². The van der Waals surface area contributed by atoms with Gasteiger partial charge in [-0.25, -0.2) is 4.79 Å². The average Bonchev–Trinajstić information content (AvgIpc) is 3.04. The molecule has 2 heterocycles. The number of para-hydroxylation sites is 1. The van der Waals surface area contributed by atoms with Crippen molar-refractivity contribution in [2.75, 3.05) is 57.9 Å². The van der Waals surface area contributed by atoms with Crippen LogP contribution in [-0.2, 0) is 9.53 Å². The SMILES string of the molecule is CN(C(=O)NCCN1CCOCC1)C1CCN(c2ccccc2)C1=O. The highest BCUT2D eigenvalue weighted by Crippen LogP contribution is 2.23. The molecule has 1 N–H and O–H groups in total. The van der Waals surface area contributed by atoms with Gasteiger partial charge in [-0.15, -0.1) is 0 Å². The maximum atomic E-state index is 12.7. The lowest BCUT2D eigenvalue weighted by molar-refractivity contribution is -0.120. The fourth-order valence-electron chi connectivity index (χ4n) is 3.30. The Balaban J connectivity index is 1.48. The van der Waals surface area contributed by atoms with Gasteiger partial charge in [0.25, 0.3) is 0 Å². The maximum absolute atomic E-state index is 12.7. The van der Waals surface area contributed by atoms with Crippen LogP contribution in [0.1, 0.15) is 6.42 Å². The summed E-state index contributed by atoms with van der Waals surface area (Å²) >= 11 is 0. The van der Waals surface area contributed by atoms with Gasteiger partial charge in [-0.3, -0.25) is 9.69 Å². The van der Waals surface area contributed by atoms with E-state index in [2.05, 4.69) is 10.2 Å². The standard InChI is InChI=1S/C18H26N4O3/c1-20(18(24)19-8-10-21-11-13-25-14-12-21)16-7-9-22(17(16)23)15-5-3-2-4-6-15/h2-6,16H,7-14H2,1H3,(H,19,24). The molecule has 2 fully saturated rings. The van der Waals surface area contributed by atoms with Crippen molar-refractivity contribution in [1.82, 2.24) is 15.1 Å². The van der Waals surface area contributed by atoms with E-state index in [0.29, 0.717) is 19.5 Å². The second kappa shape index (κ2) is 8.31. The van der Waals surface area contributed by atoms with Crippen molar-refractivity contribution in [2.45, 2.75) is 12.5 Å². The Morgan fingerprint density at radius 3 is 2.68 bits per heavy atom. The summed E-state index contributed by atoms with van der Waals surface area (Å²) in [6.07, 6.45) is 0.654. The van der Waals surface area contributed by atoms with Crippen molar-refractivity contribution in [3.63, 3.8) is 0 Å². The molecule has 0 aliphatic carbocycles. The topological polar surface area (TPSA) is 65.1 Å². The van der Waals surface area contributed by atoms with Crippen LogP contribution in [0.5, 0.6) is 0 Å². The molecule has 0 bridgehead atoms. The molecule has 25 heavy (non-hydrogen) atoms. The Labute approximate surface area is 148 Å². The summed E-state index contributed by atoms with van der Waals surface area (Å²) in [5.74, 6) is -0.0166. The minimum absolute atomic E-state index is 0.0166. The van der Waals surface area contributed by atoms with E-state index in [1.807, 2.05) is 30.3 Å². The molecule has 7 heteroatoms. The zero-order valence-corrected chi connectivity index (χ0v) is 14.7. The molecule has 7 nitrogen and oxygen atoms in total. The quantitative estimate of drug-likeness (QED) is 0.855. The summed E-state index contributed by atoms with van der Waals surface area (Å²) in [6, 6.07) is 9.00. The minimum Gasteiger partial charge on any atom is -0.379 e. The minimum atomic E-state index is -0.399. The van der Waals surface area contributed by atoms with E-state index in [1.54, 1.807) is 11.9 Å². The summed E-state index contributed by atoms with van der Waals surface area (Å²) in [4.78, 5) is 30.6. The Hall–Kier alpha value is -2.12. The van der Waals surface area contributed by atoms with Crippen LogP contribution in [-0.4, -0.2) is 80.8 Å². The molecule has 1 unspecified atom stereocenters. The number of anilines is 1. The van der Waals surface area contributed by atoms with Gasteiger partial charge < -0.3 is 19.9 Å². The number of carbonyl (C=O) groups excluding carboxylic acids is 2. The fraction of sp³-hybridized carbons (Fsp3) is 0.556. The summed E-state index contributed by atoms with van der Waals surface area (Å²) in [5.41, 5.74) is 0.885. The van der Waals surface area contributed by atoms with E-state index >= 15 is 0 Å². The number of benzene rings is 1. The molecular formula is C18H26N4O3. The monoisotopic (exact) mass is 346 g/mol. The molecule has 2 aliphatic heterocycles. The number of hydrogen-bond acceptors (Lipinski definition) is 4. The first-order valence-corrected chi connectivity index (χ1v) is 8.84. The van der Waals surface area contributed by atoms with Gasteiger partial charge in [-0.1, -0.05) is 18.2 Å². The number of ether oxygens (including phenoxy) is 1. The molecule has 0 radical (unpaired) electrons. The number of nitrogens with zero attached hydrogens (tertiary/aromatic N) is 3. The van der Waals surface area contributed by atoms with Crippen LogP contribution in [0.2, 0.25) is 0 Å². The van der Waals surface area contributed by atoms with Crippen LogP contribution in [0.15, 0.2) is 30.3 Å². The van der Waals surface area contributed by atoms with Gasteiger partial charge in [0.1, 0.15) is 6.04 Å². The van der Waals surface area contributed by atoms with E-state index in [4.69, 9.17) is 4.74 Å². The maximum Gasteiger partial charge on any atom is 0.317 e. The van der Waals surface area contributed by atoms with Crippen molar-refractivity contribution >= 4 is 17.6 Å². The van der Waals surface area contributed by atoms with Crippen LogP contribution >= 0.6 is 0 Å². The zero-order chi connectivity index (χ0) is 17.6. The highest BCUT2D eigenvalue weighted by molar-refractivity contribution is 6.01. The molecule has 3 rings (SSSR count). The van der Waals surface area contributed by atoms with E-state index in [-0.39, 0.29) is 11.9 Å². The number of urea groups is 1. The van der Waals surface area contributed by atoms with Gasteiger partial charge in [0.05, 0.1) is 13.2 Å². The molecule has 0 saturated carbocycles. The van der Waals surface area contributed by atoms with Gasteiger partial charge in [0, 0.05) is 45.5 Å². The Morgan fingerprint density at radius 1 is 1.24 bits per heavy atom. The predicted octanol–water partition coefficient (Wildman–Crippen LogP) is 0.766. The third-order valence-electron chi connectivity index (χ3n) is 4.84. The van der Waals surface area contributed by atoms with E-state index in [0.717, 1.165) is 38.5 Å². The van der Waals surface area contributed by atoms with Gasteiger partial charge in [-0.2, -0.15) is 0 Å². The van der Waals surface area contributed by atoms with E-state index in [9.17, 15) is 9.59 Å². The van der Waals surface area contributed by atoms with Crippen LogP contribution in [0.3, 0.4) is 0 Å². The Bertz CT molecular complexity index is 589. The fourth-order valence-corrected chi connectivity index (χ4v) is 3.30. The smallest absolute Gasteiger partial charge is 0.317 e. The molecule has 0 spiro atoms. The van der Waals surface area contributed by atoms with Crippen molar-refractivity contribution in [3.8, 4) is 0 Å². The van der Waals surface area contributed by atoms with Crippen LogP contribution < -0.4 is 10.2 Å². The number of morpholine rings is 1. The average molecular weight is 346 g/mol. The Morgan fingerprint density at radius 2 is 1.96 bits per heavy atom. The number of rotatable bonds is 5. The molecule has 1 aromatic carbocycles. The van der Waals surface area contributed by atoms with Crippen molar-refractivity contribution in [1.29, 1.82) is 0 Å². The molecular weight excluding hydrogens is 320 g/mol. The highest BCUT2D eigenvalue weighted by Gasteiger charge is 2.37. The van der Waals surface area contributed by atoms with Crippen LogP contribution in [0, 0.1) is 0 Å². The number of nitrogens with one attached hydrogen (secondary N) is 1. The zero-order valence-electron chi connectivity index (χ0n) is 14.7. The van der Waals surface area contributed by atoms with Crippen LogP contribution in [0.25, 0.3) is 0 Å². The molecule has 2 aliphatic rings. The molecule has 2 saturated heterocycles. The third kappa shape index (κ3) is 4.29. The number of carbonyl (C=O) groups is 2. The predicted molar refractivity (Wildman–Crippen MR) is 95.6 cm³/mol. The molecule has 1 atom stereocenters. The van der Waals surface area contributed by atoms with E-state index < -0.39 is 6.04 Å². The highest BCUT2D eigenvalue weighted by atomic mass is 16.5. The van der Waals surface area contributed by atoms with Gasteiger partial charge in [0.15, 0.2) is 0 Å². The van der Waals surface area contributed by atoms with Gasteiger partial charge >= 0.3 is 6.03 Å². The number of hydrogen-bond donors (Lipinski definition) is 1. The van der Waals surface area contributed by atoms with Gasteiger partial charge in [-0.05, 0) is 18.6 Å². The van der Waals surface area contributed by atoms with Crippen molar-refractivity contribution < 1.29 is 14.3 Å². The lowest BCUT2D eigenvalue weighted by Crippen LogP contribution is -2.49. The van der Waals surface area contributed by atoms with Gasteiger partial charge in [0.2, 0.25) is 5.91 Å². The second-order valence-electron chi connectivity index (χ2n) is 6.43. The largest absolute Gasteiger partial charge is 0.379 e. The first-order valence-electron chi connectivity index (χ1n) is 8.84. The first-order chi connectivity index (χ1) is 12.2. The number of likely N-dealkylation sites (N-methyl/N-ethyl adjacent to an activating group) is 1. The molecule has 1 aromatic rings. The lowest BCUT2D eigenvalue weighted by Gasteiger charge is -2.28. The summed E-state index contributed by atoms with van der Waals surface area (Å²) in [6.45, 7) is 5.32. The summed E-state index contributed by atoms with van der Waals surface area (Å²) in [7, 11) is 1.70. The molecule has 136 valence electrons. The normalized spacial score (nSPS) is 21.4. The van der Waals surface area contributed by atoms with E-state index in [1.165, 1.54) is 4.90 Å². The van der Waals surface area contributed by atoms with Crippen molar-refractivity contribution in [3.05, 3.63) is 30.3 Å². The molecule has 0 aromatic heterocycles. The third-order valence-corrected chi connectivity index (χ3v) is 4.84. The van der Waals surface area contributed by atoms with Crippen LogP contribution in [0.4, 0.5) is 10.5 Å². The summed E-state index contributed by atoms with van der Waals surface area (Å²) < 4.78 is 5.31. The Kier molecular flexibility index (Phi) is 5.88. The second-order valence-corrected chi connectivity index (χ2v) is 6.43. The molecule has 3 amide bonds. The lowest BCUT2D eigenvalue weighted by atomic mass is 10.2.